The van der Waals surface area contributed by atoms with Crippen LogP contribution >= 0.6 is 0 Å². The third-order valence-corrected chi connectivity index (χ3v) is 4.76. The Labute approximate surface area is 126 Å². The molecule has 1 saturated heterocycles. The molecule has 2 rings (SSSR count). The smallest absolute Gasteiger partial charge is 0.356 e. The van der Waals surface area contributed by atoms with Crippen LogP contribution in [0.1, 0.15) is 18.9 Å². The first-order chi connectivity index (χ1) is 10.1. The summed E-state index contributed by atoms with van der Waals surface area (Å²) >= 11 is 0. The minimum Gasteiger partial charge on any atom is -0.356 e. The van der Waals surface area contributed by atoms with E-state index in [-0.39, 0.29) is 17.6 Å². The molecule has 0 bridgehead atoms. The van der Waals surface area contributed by atoms with Crippen molar-refractivity contribution in [2.24, 2.45) is 11.8 Å². The molecule has 1 aliphatic rings. The molecule has 0 radical (unpaired) electrons. The van der Waals surface area contributed by atoms with Gasteiger partial charge in [-0.05, 0) is 30.4 Å². The van der Waals surface area contributed by atoms with E-state index < -0.39 is 21.9 Å². The lowest BCUT2D eigenvalue weighted by atomic mass is 9.88. The van der Waals surface area contributed by atoms with Crippen LogP contribution in [0.3, 0.4) is 0 Å². The minimum atomic E-state index is -4.42. The Hall–Kier alpha value is -1.35. The highest BCUT2D eigenvalue weighted by Gasteiger charge is 2.32. The molecule has 5 nitrogen and oxygen atoms in total. The summed E-state index contributed by atoms with van der Waals surface area (Å²) in [6, 6.07) is 2.30. The first kappa shape index (κ1) is 17.0. The number of anilines is 1. The van der Waals surface area contributed by atoms with E-state index in [2.05, 4.69) is 4.98 Å². The van der Waals surface area contributed by atoms with Crippen LogP contribution in [0.5, 0.6) is 0 Å². The van der Waals surface area contributed by atoms with Crippen molar-refractivity contribution in [1.29, 1.82) is 0 Å². The van der Waals surface area contributed by atoms with Gasteiger partial charge in [0.2, 0.25) is 0 Å². The molecular formula is C13H17F3N2O3S. The fourth-order valence-corrected chi connectivity index (χ4v) is 3.70. The molecule has 0 aromatic carbocycles. The van der Waals surface area contributed by atoms with Crippen LogP contribution in [0.25, 0.3) is 0 Å². The van der Waals surface area contributed by atoms with Crippen molar-refractivity contribution in [3.8, 4) is 0 Å². The van der Waals surface area contributed by atoms with Gasteiger partial charge in [-0.2, -0.15) is 21.6 Å². The summed E-state index contributed by atoms with van der Waals surface area (Å²) in [4.78, 5) is 5.67. The number of hydrogen-bond acceptors (Lipinski definition) is 4. The van der Waals surface area contributed by atoms with Gasteiger partial charge in [-0.15, -0.1) is 0 Å². The van der Waals surface area contributed by atoms with Crippen molar-refractivity contribution in [3.05, 3.63) is 23.9 Å². The molecule has 0 amide bonds. The Morgan fingerprint density at radius 2 is 2.09 bits per heavy atom. The van der Waals surface area contributed by atoms with Crippen LogP contribution in [0.15, 0.2) is 18.3 Å². The number of halogens is 3. The average Bonchev–Trinajstić information content (AvgIpc) is 2.39. The fraction of sp³-hybridized carbons (Fsp3) is 0.615. The number of pyridine rings is 1. The quantitative estimate of drug-likeness (QED) is 0.857. The van der Waals surface area contributed by atoms with Gasteiger partial charge in [0.1, 0.15) is 5.82 Å². The SMILES string of the molecule is CC1CN(c2ccc(C(F)(F)F)cn2)CCC1CS(=O)(=O)O. The number of hydrogen-bond donors (Lipinski definition) is 1. The van der Waals surface area contributed by atoms with Crippen LogP contribution in [-0.4, -0.2) is 36.8 Å². The Balaban J connectivity index is 2.04. The zero-order chi connectivity index (χ0) is 16.5. The molecule has 0 saturated carbocycles. The van der Waals surface area contributed by atoms with E-state index in [9.17, 15) is 21.6 Å². The van der Waals surface area contributed by atoms with Gasteiger partial charge in [-0.1, -0.05) is 6.92 Å². The summed E-state index contributed by atoms with van der Waals surface area (Å²) < 4.78 is 68.3. The molecule has 2 heterocycles. The summed E-state index contributed by atoms with van der Waals surface area (Å²) in [6.45, 7) is 2.83. The Morgan fingerprint density at radius 1 is 1.41 bits per heavy atom. The van der Waals surface area contributed by atoms with Crippen LogP contribution in [0.2, 0.25) is 0 Å². The standard InChI is InChI=1S/C13H17F3N2O3S/c1-9-7-18(5-4-10(9)8-22(19,20)21)12-3-2-11(6-17-12)13(14,15)16/h2-3,6,9-10H,4-5,7-8H2,1H3,(H,19,20,21). The van der Waals surface area contributed by atoms with Gasteiger partial charge in [-0.3, -0.25) is 4.55 Å². The summed E-state index contributed by atoms with van der Waals surface area (Å²) in [6.07, 6.45) is -3.09. The van der Waals surface area contributed by atoms with Crippen molar-refractivity contribution < 1.29 is 26.1 Å². The lowest BCUT2D eigenvalue weighted by Gasteiger charge is -2.37. The molecule has 2 atom stereocenters. The van der Waals surface area contributed by atoms with E-state index in [1.807, 2.05) is 11.8 Å². The van der Waals surface area contributed by atoms with Crippen LogP contribution < -0.4 is 4.90 Å². The molecule has 124 valence electrons. The van der Waals surface area contributed by atoms with Crippen molar-refractivity contribution in [2.75, 3.05) is 23.7 Å². The van der Waals surface area contributed by atoms with E-state index >= 15 is 0 Å². The number of aromatic nitrogens is 1. The monoisotopic (exact) mass is 338 g/mol. The van der Waals surface area contributed by atoms with E-state index in [0.717, 1.165) is 12.3 Å². The maximum absolute atomic E-state index is 12.5. The first-order valence-corrected chi connectivity index (χ1v) is 8.40. The molecule has 1 aromatic heterocycles. The highest BCUT2D eigenvalue weighted by Crippen LogP contribution is 2.31. The lowest BCUT2D eigenvalue weighted by molar-refractivity contribution is -0.137. The highest BCUT2D eigenvalue weighted by molar-refractivity contribution is 7.85. The third-order valence-electron chi connectivity index (χ3n) is 3.91. The van der Waals surface area contributed by atoms with Gasteiger partial charge >= 0.3 is 6.18 Å². The summed E-state index contributed by atoms with van der Waals surface area (Å²) in [5.74, 6) is -0.0340. The number of nitrogens with zero attached hydrogens (tertiary/aromatic N) is 2. The number of alkyl halides is 3. The maximum atomic E-state index is 12.5. The first-order valence-electron chi connectivity index (χ1n) is 6.79. The van der Waals surface area contributed by atoms with E-state index in [1.54, 1.807) is 0 Å². The van der Waals surface area contributed by atoms with Gasteiger partial charge < -0.3 is 4.90 Å². The zero-order valence-corrected chi connectivity index (χ0v) is 12.7. The van der Waals surface area contributed by atoms with Crippen molar-refractivity contribution in [2.45, 2.75) is 19.5 Å². The molecule has 1 N–H and O–H groups in total. The molecule has 2 unspecified atom stereocenters. The molecule has 0 spiro atoms. The van der Waals surface area contributed by atoms with Gasteiger partial charge in [0.05, 0.1) is 11.3 Å². The van der Waals surface area contributed by atoms with Gasteiger partial charge in [-0.25, -0.2) is 4.98 Å². The highest BCUT2D eigenvalue weighted by atomic mass is 32.2. The predicted molar refractivity (Wildman–Crippen MR) is 75.1 cm³/mol. The lowest BCUT2D eigenvalue weighted by Crippen LogP contribution is -2.42. The second-order valence-electron chi connectivity index (χ2n) is 5.62. The predicted octanol–water partition coefficient (Wildman–Crippen LogP) is 2.45. The van der Waals surface area contributed by atoms with Crippen LogP contribution in [0.4, 0.5) is 19.0 Å². The maximum Gasteiger partial charge on any atom is 0.417 e. The third kappa shape index (κ3) is 4.33. The van der Waals surface area contributed by atoms with Crippen LogP contribution in [0, 0.1) is 11.8 Å². The molecular weight excluding hydrogens is 321 g/mol. The summed E-state index contributed by atoms with van der Waals surface area (Å²) in [5.41, 5.74) is -0.800. The van der Waals surface area contributed by atoms with Crippen molar-refractivity contribution in [3.63, 3.8) is 0 Å². The van der Waals surface area contributed by atoms with E-state index in [1.165, 1.54) is 6.07 Å². The molecule has 22 heavy (non-hydrogen) atoms. The Kier molecular flexibility index (Phi) is 4.67. The molecule has 1 aromatic rings. The molecule has 1 aliphatic heterocycles. The minimum absolute atomic E-state index is 0.0141. The molecule has 0 aliphatic carbocycles. The Morgan fingerprint density at radius 3 is 2.55 bits per heavy atom. The second kappa shape index (κ2) is 6.04. The summed E-state index contributed by atoms with van der Waals surface area (Å²) in [5, 5.41) is 0. The largest absolute Gasteiger partial charge is 0.417 e. The molecule has 1 fully saturated rings. The van der Waals surface area contributed by atoms with Crippen molar-refractivity contribution in [1.82, 2.24) is 4.98 Å². The van der Waals surface area contributed by atoms with Crippen molar-refractivity contribution >= 4 is 15.9 Å². The van der Waals surface area contributed by atoms with Gasteiger partial charge in [0, 0.05) is 19.3 Å². The normalized spacial score (nSPS) is 23.6. The van der Waals surface area contributed by atoms with Gasteiger partial charge in [0.15, 0.2) is 0 Å². The number of rotatable bonds is 3. The second-order valence-corrected chi connectivity index (χ2v) is 7.12. The van der Waals surface area contributed by atoms with Gasteiger partial charge in [0.25, 0.3) is 10.1 Å². The Bertz CT molecular complexity index is 616. The average molecular weight is 338 g/mol. The topological polar surface area (TPSA) is 70.5 Å². The van der Waals surface area contributed by atoms with E-state index in [0.29, 0.717) is 25.3 Å². The molecule has 9 heteroatoms. The number of piperidine rings is 1. The van der Waals surface area contributed by atoms with E-state index in [4.69, 9.17) is 4.55 Å². The van der Waals surface area contributed by atoms with Crippen LogP contribution in [-0.2, 0) is 16.3 Å². The fourth-order valence-electron chi connectivity index (χ4n) is 2.66. The summed E-state index contributed by atoms with van der Waals surface area (Å²) in [7, 11) is -4.02. The zero-order valence-electron chi connectivity index (χ0n) is 11.9.